The topological polar surface area (TPSA) is 165 Å². The molecule has 0 saturated carbocycles. The number of aliphatic carboxylic acids is 1. The van der Waals surface area contributed by atoms with E-state index in [0.29, 0.717) is 31.8 Å². The van der Waals surface area contributed by atoms with Gasteiger partial charge in [0.2, 0.25) is 5.91 Å². The fourth-order valence-electron chi connectivity index (χ4n) is 4.49. The Kier molecular flexibility index (Phi) is 5.81. The molecule has 3 aliphatic heterocycles. The van der Waals surface area contributed by atoms with Gasteiger partial charge in [-0.3, -0.25) is 9.69 Å². The summed E-state index contributed by atoms with van der Waals surface area (Å²) in [7, 11) is -3.78. The predicted molar refractivity (Wildman–Crippen MR) is 99.0 cm³/mol. The molecular weight excluding hydrogens is 390 g/mol. The van der Waals surface area contributed by atoms with E-state index in [4.69, 9.17) is 5.14 Å². The van der Waals surface area contributed by atoms with E-state index in [9.17, 15) is 28.2 Å². The van der Waals surface area contributed by atoms with E-state index in [1.54, 1.807) is 6.92 Å². The summed E-state index contributed by atoms with van der Waals surface area (Å²) in [5.74, 6) is -2.27. The fourth-order valence-corrected chi connectivity index (χ4v) is 4.92. The predicted octanol–water partition coefficient (Wildman–Crippen LogP) is -2.75. The quantitative estimate of drug-likeness (QED) is 0.278. The first-order valence-corrected chi connectivity index (χ1v) is 10.8. The van der Waals surface area contributed by atoms with Crippen molar-refractivity contribution in [3.8, 4) is 0 Å². The Morgan fingerprint density at radius 3 is 2.71 bits per heavy atom. The number of β-lactam (4-membered cyclic amide) rings is 1. The van der Waals surface area contributed by atoms with Crippen LogP contribution in [0.25, 0.3) is 0 Å². The molecule has 6 N–H and O–H groups in total. The Morgan fingerprint density at radius 1 is 1.46 bits per heavy atom. The van der Waals surface area contributed by atoms with Crippen molar-refractivity contribution in [2.45, 2.75) is 32.0 Å². The van der Waals surface area contributed by atoms with Gasteiger partial charge in [-0.2, -0.15) is 8.42 Å². The second-order valence-corrected chi connectivity index (χ2v) is 9.09. The van der Waals surface area contributed by atoms with Gasteiger partial charge in [0.15, 0.2) is 0 Å². The Morgan fingerprint density at radius 2 is 2.14 bits per heavy atom. The molecule has 0 bridgehead atoms. The maximum Gasteiger partial charge on any atom is 0.352 e. The van der Waals surface area contributed by atoms with E-state index in [1.165, 1.54) is 4.90 Å². The standard InChI is InChI=1S/C16H27N5O6S/c1-8-11(7-20-4-3-18-10(6-20)5-19-28(17,26)27)14(16(24)25)21-13(8)12(9(2)22)15(21)23/h8-10,12-13,18-19,22H,3-7H2,1-2H3,(H,24,25)(H2,17,26,27)/t8-,9+,10?,12+,13+/m0/s1. The van der Waals surface area contributed by atoms with Gasteiger partial charge in [0, 0.05) is 44.7 Å². The first-order chi connectivity index (χ1) is 13.0. The lowest BCUT2D eigenvalue weighted by atomic mass is 9.77. The van der Waals surface area contributed by atoms with Crippen LogP contribution in [0.4, 0.5) is 0 Å². The van der Waals surface area contributed by atoms with E-state index in [2.05, 4.69) is 10.0 Å². The second-order valence-electron chi connectivity index (χ2n) is 7.71. The number of nitrogens with one attached hydrogen (secondary N) is 2. The Labute approximate surface area is 163 Å². The highest BCUT2D eigenvalue weighted by atomic mass is 32.2. The van der Waals surface area contributed by atoms with Crippen LogP contribution in [0.5, 0.6) is 0 Å². The molecule has 2 saturated heterocycles. The zero-order chi connectivity index (χ0) is 20.8. The van der Waals surface area contributed by atoms with Crippen LogP contribution in [0.3, 0.4) is 0 Å². The van der Waals surface area contributed by atoms with Crippen LogP contribution in [0, 0.1) is 11.8 Å². The van der Waals surface area contributed by atoms with Gasteiger partial charge in [0.05, 0.1) is 18.1 Å². The van der Waals surface area contributed by atoms with Gasteiger partial charge in [-0.15, -0.1) is 0 Å². The molecule has 3 rings (SSSR count). The third-order valence-electron chi connectivity index (χ3n) is 5.78. The number of nitrogens with zero attached hydrogens (tertiary/aromatic N) is 2. The number of carbonyl (C=O) groups is 2. The highest BCUT2D eigenvalue weighted by Crippen LogP contribution is 2.47. The summed E-state index contributed by atoms with van der Waals surface area (Å²) in [6.45, 7) is 5.70. The number of amides is 1. The Bertz CT molecular complexity index is 797. The lowest BCUT2D eigenvalue weighted by Gasteiger charge is -2.46. The first-order valence-electron chi connectivity index (χ1n) is 9.22. The number of carboxylic acid groups (broad SMARTS) is 1. The average Bonchev–Trinajstić information content (AvgIpc) is 2.82. The van der Waals surface area contributed by atoms with Crippen molar-refractivity contribution >= 4 is 22.1 Å². The molecule has 28 heavy (non-hydrogen) atoms. The SMILES string of the molecule is C[C@@H](O)[C@H]1C(=O)N2C(C(=O)O)=C(CN3CCNC(CNS(N)(=O)=O)C3)[C@H](C)[C@H]12. The molecule has 0 aromatic carbocycles. The number of hydrogen-bond acceptors (Lipinski definition) is 7. The molecule has 0 aliphatic carbocycles. The number of piperazine rings is 1. The molecule has 3 aliphatic rings. The number of fused-ring (bicyclic) bond motifs is 1. The van der Waals surface area contributed by atoms with Crippen LogP contribution >= 0.6 is 0 Å². The van der Waals surface area contributed by atoms with Gasteiger partial charge < -0.3 is 20.4 Å². The minimum absolute atomic E-state index is 0.0112. The van der Waals surface area contributed by atoms with Crippen molar-refractivity contribution in [1.29, 1.82) is 0 Å². The van der Waals surface area contributed by atoms with Crippen molar-refractivity contribution in [1.82, 2.24) is 19.8 Å². The number of carboxylic acids is 1. The number of rotatable bonds is 7. The van der Waals surface area contributed by atoms with E-state index >= 15 is 0 Å². The number of carbonyl (C=O) groups excluding carboxylic acids is 1. The molecule has 0 aromatic heterocycles. The van der Waals surface area contributed by atoms with Crippen molar-refractivity contribution in [3.63, 3.8) is 0 Å². The minimum atomic E-state index is -3.78. The van der Waals surface area contributed by atoms with Crippen LogP contribution in [-0.2, 0) is 19.8 Å². The summed E-state index contributed by atoms with van der Waals surface area (Å²) < 4.78 is 24.4. The molecule has 3 heterocycles. The zero-order valence-corrected chi connectivity index (χ0v) is 16.6. The Hall–Kier alpha value is -1.57. The van der Waals surface area contributed by atoms with Crippen molar-refractivity contribution < 1.29 is 28.2 Å². The third kappa shape index (κ3) is 3.93. The van der Waals surface area contributed by atoms with Gasteiger partial charge in [-0.1, -0.05) is 6.92 Å². The second kappa shape index (κ2) is 7.69. The summed E-state index contributed by atoms with van der Waals surface area (Å²) in [5, 5.41) is 27.7. The van der Waals surface area contributed by atoms with E-state index < -0.39 is 28.2 Å². The van der Waals surface area contributed by atoms with Gasteiger partial charge >= 0.3 is 5.97 Å². The van der Waals surface area contributed by atoms with Gasteiger partial charge in [-0.05, 0) is 12.5 Å². The molecule has 12 heteroatoms. The summed E-state index contributed by atoms with van der Waals surface area (Å²) in [5.41, 5.74) is 0.672. The summed E-state index contributed by atoms with van der Waals surface area (Å²) in [4.78, 5) is 27.6. The monoisotopic (exact) mass is 417 g/mol. The number of nitrogens with two attached hydrogens (primary N) is 1. The van der Waals surface area contributed by atoms with Gasteiger partial charge in [0.1, 0.15) is 5.70 Å². The smallest absolute Gasteiger partial charge is 0.352 e. The minimum Gasteiger partial charge on any atom is -0.477 e. The van der Waals surface area contributed by atoms with E-state index in [0.717, 1.165) is 0 Å². The molecule has 1 amide bonds. The highest BCUT2D eigenvalue weighted by molar-refractivity contribution is 7.87. The Balaban J connectivity index is 1.73. The first kappa shape index (κ1) is 21.1. The maximum atomic E-state index is 12.4. The molecule has 158 valence electrons. The molecule has 11 nitrogen and oxygen atoms in total. The molecule has 0 aromatic rings. The molecule has 5 atom stereocenters. The zero-order valence-electron chi connectivity index (χ0n) is 15.8. The van der Waals surface area contributed by atoms with Crippen molar-refractivity contribution in [3.05, 3.63) is 11.3 Å². The van der Waals surface area contributed by atoms with Crippen molar-refractivity contribution in [2.24, 2.45) is 17.0 Å². The third-order valence-corrected chi connectivity index (χ3v) is 6.35. The maximum absolute atomic E-state index is 12.4. The normalized spacial score (nSPS) is 32.3. The van der Waals surface area contributed by atoms with Crippen LogP contribution in [0.2, 0.25) is 0 Å². The molecule has 0 radical (unpaired) electrons. The van der Waals surface area contributed by atoms with E-state index in [1.807, 2.05) is 11.8 Å². The molecule has 1 unspecified atom stereocenters. The molecular formula is C16H27N5O6S. The number of aliphatic hydroxyl groups is 1. The molecule has 2 fully saturated rings. The lowest BCUT2D eigenvalue weighted by molar-refractivity contribution is -0.163. The summed E-state index contributed by atoms with van der Waals surface area (Å²) in [6.07, 6.45) is -0.835. The lowest BCUT2D eigenvalue weighted by Crippen LogP contribution is -2.63. The largest absolute Gasteiger partial charge is 0.477 e. The summed E-state index contributed by atoms with van der Waals surface area (Å²) >= 11 is 0. The molecule has 0 spiro atoms. The van der Waals surface area contributed by atoms with Crippen LogP contribution in [-0.4, -0.2) is 91.2 Å². The van der Waals surface area contributed by atoms with Gasteiger partial charge in [-0.25, -0.2) is 14.7 Å². The average molecular weight is 417 g/mol. The van der Waals surface area contributed by atoms with Crippen LogP contribution in [0.1, 0.15) is 13.8 Å². The number of hydrogen-bond donors (Lipinski definition) is 5. The van der Waals surface area contributed by atoms with Gasteiger partial charge in [0.25, 0.3) is 10.2 Å². The summed E-state index contributed by atoms with van der Waals surface area (Å²) in [6, 6.07) is -0.502. The fraction of sp³-hybridized carbons (Fsp3) is 0.750. The van der Waals surface area contributed by atoms with E-state index in [-0.39, 0.29) is 36.2 Å². The number of aliphatic hydroxyl groups excluding tert-OH is 1. The van der Waals surface area contributed by atoms with Crippen molar-refractivity contribution in [2.75, 3.05) is 32.7 Å². The van der Waals surface area contributed by atoms with Crippen LogP contribution in [0.15, 0.2) is 11.3 Å². The highest BCUT2D eigenvalue weighted by Gasteiger charge is 2.59. The van der Waals surface area contributed by atoms with Crippen LogP contribution < -0.4 is 15.2 Å².